The van der Waals surface area contributed by atoms with Gasteiger partial charge in [0.05, 0.1) is 11.1 Å². The van der Waals surface area contributed by atoms with Crippen molar-refractivity contribution < 1.29 is 15.0 Å². The van der Waals surface area contributed by atoms with E-state index >= 15 is 0 Å². The molecule has 24 heavy (non-hydrogen) atoms. The van der Waals surface area contributed by atoms with E-state index in [0.717, 1.165) is 6.07 Å². The molecule has 0 aromatic carbocycles. The standard InChI is InChI=1S/C15H17N5O4/c1-15(14(19-16)20-17)5-2-3-8(4-6-15)9-7-10(21)12(22)11(18-9)13(23)24/h2-7,22H,16-17H2,1H3,(H,18,21)(H,19,20)(H,23,24). The van der Waals surface area contributed by atoms with Crippen molar-refractivity contribution in [2.24, 2.45) is 22.2 Å². The molecule has 0 radical (unpaired) electrons. The van der Waals surface area contributed by atoms with Crippen LogP contribution in [0.3, 0.4) is 0 Å². The zero-order valence-electron chi connectivity index (χ0n) is 12.8. The number of amidine groups is 1. The first-order valence-electron chi connectivity index (χ1n) is 6.86. The van der Waals surface area contributed by atoms with Crippen LogP contribution >= 0.6 is 0 Å². The van der Waals surface area contributed by atoms with E-state index in [-0.39, 0.29) is 5.69 Å². The Morgan fingerprint density at radius 1 is 1.42 bits per heavy atom. The van der Waals surface area contributed by atoms with Crippen LogP contribution in [0, 0.1) is 5.41 Å². The Morgan fingerprint density at radius 3 is 2.71 bits per heavy atom. The summed E-state index contributed by atoms with van der Waals surface area (Å²) in [6.45, 7) is 1.81. The van der Waals surface area contributed by atoms with Crippen molar-refractivity contribution in [3.05, 3.63) is 58.1 Å². The second-order valence-electron chi connectivity index (χ2n) is 5.30. The van der Waals surface area contributed by atoms with Gasteiger partial charge in [-0.15, -0.1) is 0 Å². The Bertz CT molecular complexity index is 850. The fourth-order valence-corrected chi connectivity index (χ4v) is 2.26. The van der Waals surface area contributed by atoms with Gasteiger partial charge in [-0.2, -0.15) is 5.10 Å². The summed E-state index contributed by atoms with van der Waals surface area (Å²) in [4.78, 5) is 25.4. The number of carboxylic acid groups (broad SMARTS) is 1. The van der Waals surface area contributed by atoms with Crippen LogP contribution in [0.5, 0.6) is 5.75 Å². The molecule has 1 aromatic rings. The molecule has 0 spiro atoms. The molecule has 0 fully saturated rings. The minimum atomic E-state index is -1.44. The lowest BCUT2D eigenvalue weighted by molar-refractivity contribution is 0.0686. The highest BCUT2D eigenvalue weighted by atomic mass is 16.4. The number of aromatic nitrogens is 1. The highest BCUT2D eigenvalue weighted by Gasteiger charge is 2.26. The number of allylic oxidation sites excluding steroid dienone is 4. The first kappa shape index (κ1) is 17.0. The number of hydrogen-bond donors (Lipinski definition) is 6. The predicted octanol–water partition coefficient (Wildman–Crippen LogP) is 0.0299. The summed E-state index contributed by atoms with van der Waals surface area (Å²) in [5.41, 5.74) is 1.11. The van der Waals surface area contributed by atoms with Crippen molar-refractivity contribution in [1.82, 2.24) is 10.4 Å². The van der Waals surface area contributed by atoms with Crippen LogP contribution < -0.4 is 22.5 Å². The van der Waals surface area contributed by atoms with Gasteiger partial charge in [-0.05, 0) is 12.5 Å². The van der Waals surface area contributed by atoms with Gasteiger partial charge < -0.3 is 26.5 Å². The molecular formula is C15H17N5O4. The summed E-state index contributed by atoms with van der Waals surface area (Å²) in [5.74, 6) is 8.75. The molecule has 8 N–H and O–H groups in total. The van der Waals surface area contributed by atoms with E-state index in [1.807, 2.05) is 6.92 Å². The summed E-state index contributed by atoms with van der Waals surface area (Å²) in [5, 5.41) is 22.2. The van der Waals surface area contributed by atoms with Crippen LogP contribution in [0.1, 0.15) is 23.1 Å². The minimum absolute atomic E-state index is 0.243. The summed E-state index contributed by atoms with van der Waals surface area (Å²) in [7, 11) is 0. The average Bonchev–Trinajstić information content (AvgIpc) is 2.73. The number of carboxylic acids is 1. The number of H-pyrrole nitrogens is 1. The van der Waals surface area contributed by atoms with Crippen molar-refractivity contribution in [1.29, 1.82) is 0 Å². The van der Waals surface area contributed by atoms with E-state index in [4.69, 9.17) is 16.8 Å². The van der Waals surface area contributed by atoms with Crippen molar-refractivity contribution in [2.75, 3.05) is 0 Å². The number of carbonyl (C=O) groups is 1. The van der Waals surface area contributed by atoms with Gasteiger partial charge in [0.15, 0.2) is 11.4 Å². The molecule has 1 heterocycles. The van der Waals surface area contributed by atoms with Gasteiger partial charge in [-0.25, -0.2) is 10.6 Å². The van der Waals surface area contributed by atoms with Crippen LogP contribution in [-0.4, -0.2) is 27.0 Å². The third kappa shape index (κ3) is 3.06. The van der Waals surface area contributed by atoms with Gasteiger partial charge in [0, 0.05) is 6.07 Å². The lowest BCUT2D eigenvalue weighted by Crippen LogP contribution is -2.41. The number of rotatable bonds is 3. The minimum Gasteiger partial charge on any atom is -0.502 e. The van der Waals surface area contributed by atoms with Gasteiger partial charge in [0.1, 0.15) is 5.84 Å². The van der Waals surface area contributed by atoms with Crippen LogP contribution in [0.25, 0.3) is 5.57 Å². The lowest BCUT2D eigenvalue weighted by Gasteiger charge is -2.22. The van der Waals surface area contributed by atoms with E-state index in [1.165, 1.54) is 0 Å². The Morgan fingerprint density at radius 2 is 2.12 bits per heavy atom. The molecule has 1 unspecified atom stereocenters. The van der Waals surface area contributed by atoms with Crippen LogP contribution in [0.15, 0.2) is 46.3 Å². The molecular weight excluding hydrogens is 314 g/mol. The predicted molar refractivity (Wildman–Crippen MR) is 89.0 cm³/mol. The molecule has 1 atom stereocenters. The van der Waals surface area contributed by atoms with Crippen molar-refractivity contribution in [3.8, 4) is 5.75 Å². The van der Waals surface area contributed by atoms with Crippen molar-refractivity contribution in [3.63, 3.8) is 0 Å². The number of pyridine rings is 1. The summed E-state index contributed by atoms with van der Waals surface area (Å²) in [6, 6.07) is 1.12. The Kier molecular flexibility index (Phi) is 4.56. The molecule has 0 aliphatic heterocycles. The SMILES string of the molecule is CC1(/C(=N/N)NN)C=CC=C(c2cc(=O)c(O)c(C(=O)O)[nH]2)C=C1. The molecule has 1 aliphatic rings. The summed E-state index contributed by atoms with van der Waals surface area (Å²) >= 11 is 0. The number of aromatic carboxylic acids is 1. The summed E-state index contributed by atoms with van der Waals surface area (Å²) in [6.07, 6.45) is 8.54. The van der Waals surface area contributed by atoms with Crippen molar-refractivity contribution in [2.45, 2.75) is 6.92 Å². The number of aromatic amines is 1. The molecule has 1 aliphatic carbocycles. The van der Waals surface area contributed by atoms with Gasteiger partial charge in [-0.3, -0.25) is 4.79 Å². The smallest absolute Gasteiger partial charge is 0.356 e. The van der Waals surface area contributed by atoms with E-state index in [0.29, 0.717) is 11.4 Å². The highest BCUT2D eigenvalue weighted by molar-refractivity contribution is 5.92. The van der Waals surface area contributed by atoms with Gasteiger partial charge >= 0.3 is 5.97 Å². The van der Waals surface area contributed by atoms with Crippen LogP contribution in [0.4, 0.5) is 0 Å². The summed E-state index contributed by atoms with van der Waals surface area (Å²) < 4.78 is 0. The molecule has 0 bridgehead atoms. The number of aromatic hydroxyl groups is 1. The number of nitrogens with one attached hydrogen (secondary N) is 2. The number of hydrazine groups is 1. The largest absolute Gasteiger partial charge is 0.502 e. The Hall–Kier alpha value is -3.33. The second kappa shape index (κ2) is 6.42. The zero-order valence-corrected chi connectivity index (χ0v) is 12.8. The second-order valence-corrected chi connectivity index (χ2v) is 5.30. The van der Waals surface area contributed by atoms with E-state index in [2.05, 4.69) is 15.5 Å². The van der Waals surface area contributed by atoms with E-state index in [1.54, 1.807) is 30.4 Å². The normalized spacial score (nSPS) is 20.4. The highest BCUT2D eigenvalue weighted by Crippen LogP contribution is 2.27. The maximum atomic E-state index is 11.8. The third-order valence-electron chi connectivity index (χ3n) is 3.63. The van der Waals surface area contributed by atoms with Crippen LogP contribution in [0.2, 0.25) is 0 Å². The zero-order chi connectivity index (χ0) is 17.9. The number of hydrogen-bond acceptors (Lipinski definition) is 6. The van der Waals surface area contributed by atoms with E-state index < -0.39 is 28.3 Å². The lowest BCUT2D eigenvalue weighted by atomic mass is 9.88. The van der Waals surface area contributed by atoms with Crippen molar-refractivity contribution >= 4 is 17.4 Å². The van der Waals surface area contributed by atoms with Crippen LogP contribution in [-0.2, 0) is 0 Å². The van der Waals surface area contributed by atoms with E-state index in [9.17, 15) is 14.7 Å². The van der Waals surface area contributed by atoms with Gasteiger partial charge in [0.25, 0.3) is 0 Å². The molecule has 0 saturated heterocycles. The Balaban J connectivity index is 2.50. The molecule has 9 nitrogen and oxygen atoms in total. The number of nitrogens with two attached hydrogens (primary N) is 2. The maximum Gasteiger partial charge on any atom is 0.356 e. The molecule has 2 rings (SSSR count). The maximum absolute atomic E-state index is 11.8. The van der Waals surface area contributed by atoms with Gasteiger partial charge in [-0.1, -0.05) is 30.4 Å². The number of nitrogens with zero attached hydrogens (tertiary/aromatic N) is 1. The Labute approximate surface area is 136 Å². The first-order valence-corrected chi connectivity index (χ1v) is 6.86. The quantitative estimate of drug-likeness (QED) is 0.196. The monoisotopic (exact) mass is 331 g/mol. The molecule has 0 amide bonds. The van der Waals surface area contributed by atoms with Gasteiger partial charge in [0.2, 0.25) is 5.43 Å². The first-order chi connectivity index (χ1) is 11.3. The topological polar surface area (TPSA) is 167 Å². The number of hydrazone groups is 1. The fourth-order valence-electron chi connectivity index (χ4n) is 2.26. The third-order valence-corrected chi connectivity index (χ3v) is 3.63. The average molecular weight is 331 g/mol. The molecule has 1 aromatic heterocycles. The molecule has 0 saturated carbocycles. The molecule has 9 heteroatoms. The molecule has 126 valence electrons. The fraction of sp³-hybridized carbons (Fsp3) is 0.133.